The van der Waals surface area contributed by atoms with Crippen LogP contribution in [0, 0.1) is 0 Å². The van der Waals surface area contributed by atoms with Gasteiger partial charge in [-0.15, -0.1) is 0 Å². The molecule has 1 heterocycles. The Morgan fingerprint density at radius 3 is 2.68 bits per heavy atom. The molecule has 0 atom stereocenters. The Morgan fingerprint density at radius 2 is 2.05 bits per heavy atom. The van der Waals surface area contributed by atoms with E-state index in [2.05, 4.69) is 31.5 Å². The third-order valence-electron chi connectivity index (χ3n) is 2.50. The van der Waals surface area contributed by atoms with E-state index < -0.39 is 0 Å². The predicted octanol–water partition coefficient (Wildman–Crippen LogP) is 3.53. The number of hydrogen-bond acceptors (Lipinski definition) is 3. The Labute approximate surface area is 120 Å². The van der Waals surface area contributed by atoms with Crippen molar-refractivity contribution in [2.45, 2.75) is 6.92 Å². The largest absolute Gasteiger partial charge is 0.370 e. The molecular weight excluding hydrogens is 306 g/mol. The molecule has 2 rings (SSSR count). The first-order chi connectivity index (χ1) is 9.20. The molecule has 0 fully saturated rings. The van der Waals surface area contributed by atoms with Crippen LogP contribution in [-0.2, 0) is 0 Å². The van der Waals surface area contributed by atoms with Crippen molar-refractivity contribution in [1.29, 1.82) is 0 Å². The SMILES string of the molecule is CCNc1ccc(NC(=O)c2ccccc2Br)cn1. The number of benzene rings is 1. The first-order valence-corrected chi connectivity index (χ1v) is 6.76. The number of nitrogens with zero attached hydrogens (tertiary/aromatic N) is 1. The number of anilines is 2. The number of amides is 1. The van der Waals surface area contributed by atoms with Crippen LogP contribution in [0.4, 0.5) is 11.5 Å². The molecule has 0 saturated heterocycles. The Morgan fingerprint density at radius 1 is 1.26 bits per heavy atom. The number of hydrogen-bond donors (Lipinski definition) is 2. The molecule has 0 bridgehead atoms. The first-order valence-electron chi connectivity index (χ1n) is 5.96. The zero-order valence-electron chi connectivity index (χ0n) is 10.5. The first kappa shape index (κ1) is 13.5. The minimum atomic E-state index is -0.162. The number of rotatable bonds is 4. The molecule has 5 heteroatoms. The van der Waals surface area contributed by atoms with Crippen LogP contribution in [0.15, 0.2) is 47.1 Å². The Kier molecular flexibility index (Phi) is 4.52. The fraction of sp³-hybridized carbons (Fsp3) is 0.143. The van der Waals surface area contributed by atoms with Crippen molar-refractivity contribution in [2.24, 2.45) is 0 Å². The summed E-state index contributed by atoms with van der Waals surface area (Å²) in [5, 5.41) is 5.91. The normalized spacial score (nSPS) is 10.0. The van der Waals surface area contributed by atoms with Crippen molar-refractivity contribution in [3.8, 4) is 0 Å². The number of halogens is 1. The zero-order chi connectivity index (χ0) is 13.7. The lowest BCUT2D eigenvalue weighted by Crippen LogP contribution is -2.12. The molecular formula is C14H14BrN3O. The van der Waals surface area contributed by atoms with Crippen LogP contribution in [0.2, 0.25) is 0 Å². The molecule has 0 unspecified atom stereocenters. The summed E-state index contributed by atoms with van der Waals surface area (Å²) in [4.78, 5) is 16.3. The molecule has 2 N–H and O–H groups in total. The minimum Gasteiger partial charge on any atom is -0.370 e. The maximum atomic E-state index is 12.1. The van der Waals surface area contributed by atoms with Gasteiger partial charge in [-0.05, 0) is 47.1 Å². The van der Waals surface area contributed by atoms with Gasteiger partial charge in [-0.1, -0.05) is 12.1 Å². The van der Waals surface area contributed by atoms with Gasteiger partial charge in [0.1, 0.15) is 5.82 Å². The van der Waals surface area contributed by atoms with Gasteiger partial charge in [0, 0.05) is 11.0 Å². The minimum absolute atomic E-state index is 0.162. The van der Waals surface area contributed by atoms with Gasteiger partial charge in [0.25, 0.3) is 5.91 Å². The Bertz CT molecular complexity index is 569. The van der Waals surface area contributed by atoms with Gasteiger partial charge in [-0.25, -0.2) is 4.98 Å². The van der Waals surface area contributed by atoms with E-state index in [0.29, 0.717) is 11.3 Å². The fourth-order valence-corrected chi connectivity index (χ4v) is 2.06. The van der Waals surface area contributed by atoms with Crippen molar-refractivity contribution in [3.63, 3.8) is 0 Å². The van der Waals surface area contributed by atoms with Crippen molar-refractivity contribution < 1.29 is 4.79 Å². The standard InChI is InChI=1S/C14H14BrN3O/c1-2-16-13-8-7-10(9-17-13)18-14(19)11-5-3-4-6-12(11)15/h3-9H,2H2,1H3,(H,16,17)(H,18,19). The highest BCUT2D eigenvalue weighted by atomic mass is 79.9. The quantitative estimate of drug-likeness (QED) is 0.906. The molecule has 0 aliphatic carbocycles. The molecule has 0 aliphatic rings. The summed E-state index contributed by atoms with van der Waals surface area (Å²) in [6, 6.07) is 10.9. The zero-order valence-corrected chi connectivity index (χ0v) is 12.1. The lowest BCUT2D eigenvalue weighted by Gasteiger charge is -2.07. The van der Waals surface area contributed by atoms with Crippen LogP contribution < -0.4 is 10.6 Å². The average molecular weight is 320 g/mol. The summed E-state index contributed by atoms with van der Waals surface area (Å²) >= 11 is 3.36. The molecule has 98 valence electrons. The molecule has 19 heavy (non-hydrogen) atoms. The van der Waals surface area contributed by atoms with Crippen LogP contribution >= 0.6 is 15.9 Å². The topological polar surface area (TPSA) is 54.0 Å². The molecule has 0 radical (unpaired) electrons. The second-order valence-corrected chi connectivity index (χ2v) is 4.75. The van der Waals surface area contributed by atoms with Gasteiger partial charge in [-0.3, -0.25) is 4.79 Å². The van der Waals surface area contributed by atoms with Crippen molar-refractivity contribution in [1.82, 2.24) is 4.98 Å². The maximum absolute atomic E-state index is 12.1. The third-order valence-corrected chi connectivity index (χ3v) is 3.19. The molecule has 1 aromatic carbocycles. The van der Waals surface area contributed by atoms with Crippen molar-refractivity contribution in [2.75, 3.05) is 17.2 Å². The summed E-state index contributed by atoms with van der Waals surface area (Å²) < 4.78 is 0.768. The Hall–Kier alpha value is -1.88. The van der Waals surface area contributed by atoms with E-state index in [1.54, 1.807) is 12.3 Å². The van der Waals surface area contributed by atoms with Gasteiger partial charge in [0.05, 0.1) is 17.4 Å². The summed E-state index contributed by atoms with van der Waals surface area (Å²) in [5.41, 5.74) is 1.26. The lowest BCUT2D eigenvalue weighted by atomic mass is 10.2. The molecule has 0 spiro atoms. The van der Waals surface area contributed by atoms with Crippen LogP contribution in [0.25, 0.3) is 0 Å². The van der Waals surface area contributed by atoms with Gasteiger partial charge >= 0.3 is 0 Å². The lowest BCUT2D eigenvalue weighted by molar-refractivity contribution is 0.102. The van der Waals surface area contributed by atoms with Gasteiger partial charge in [0.2, 0.25) is 0 Å². The molecule has 2 aromatic rings. The molecule has 1 amide bonds. The third kappa shape index (κ3) is 3.54. The van der Waals surface area contributed by atoms with E-state index in [9.17, 15) is 4.79 Å². The van der Waals surface area contributed by atoms with Gasteiger partial charge < -0.3 is 10.6 Å². The highest BCUT2D eigenvalue weighted by Gasteiger charge is 2.09. The number of carbonyl (C=O) groups excluding carboxylic acids is 1. The van der Waals surface area contributed by atoms with Gasteiger partial charge in [0.15, 0.2) is 0 Å². The number of aromatic nitrogens is 1. The highest BCUT2D eigenvalue weighted by Crippen LogP contribution is 2.18. The molecule has 0 aliphatic heterocycles. The van der Waals surface area contributed by atoms with E-state index in [-0.39, 0.29) is 5.91 Å². The predicted molar refractivity (Wildman–Crippen MR) is 80.5 cm³/mol. The summed E-state index contributed by atoms with van der Waals surface area (Å²) in [6.45, 7) is 2.82. The van der Waals surface area contributed by atoms with Crippen LogP contribution in [0.5, 0.6) is 0 Å². The van der Waals surface area contributed by atoms with E-state index in [1.807, 2.05) is 37.3 Å². The van der Waals surface area contributed by atoms with E-state index >= 15 is 0 Å². The Balaban J connectivity index is 2.09. The molecule has 0 saturated carbocycles. The van der Waals surface area contributed by atoms with Crippen LogP contribution in [-0.4, -0.2) is 17.4 Å². The second-order valence-electron chi connectivity index (χ2n) is 3.90. The average Bonchev–Trinajstić information content (AvgIpc) is 2.42. The van der Waals surface area contributed by atoms with E-state index in [4.69, 9.17) is 0 Å². The number of carbonyl (C=O) groups is 1. The second kappa shape index (κ2) is 6.33. The summed E-state index contributed by atoms with van der Waals surface area (Å²) in [7, 11) is 0. The molecule has 1 aromatic heterocycles. The summed E-state index contributed by atoms with van der Waals surface area (Å²) in [6.07, 6.45) is 1.63. The van der Waals surface area contributed by atoms with Crippen LogP contribution in [0.3, 0.4) is 0 Å². The van der Waals surface area contributed by atoms with Crippen molar-refractivity contribution in [3.05, 3.63) is 52.6 Å². The smallest absolute Gasteiger partial charge is 0.256 e. The van der Waals surface area contributed by atoms with Gasteiger partial charge in [-0.2, -0.15) is 0 Å². The van der Waals surface area contributed by atoms with E-state index in [0.717, 1.165) is 16.8 Å². The monoisotopic (exact) mass is 319 g/mol. The number of pyridine rings is 1. The van der Waals surface area contributed by atoms with E-state index in [1.165, 1.54) is 0 Å². The van der Waals surface area contributed by atoms with Crippen molar-refractivity contribution >= 4 is 33.3 Å². The maximum Gasteiger partial charge on any atom is 0.256 e. The fourth-order valence-electron chi connectivity index (χ4n) is 1.60. The number of nitrogens with one attached hydrogen (secondary N) is 2. The molecule has 4 nitrogen and oxygen atoms in total. The highest BCUT2D eigenvalue weighted by molar-refractivity contribution is 9.10. The van der Waals surface area contributed by atoms with Crippen LogP contribution in [0.1, 0.15) is 17.3 Å². The summed E-state index contributed by atoms with van der Waals surface area (Å²) in [5.74, 6) is 0.631.